The average Bonchev–Trinajstić information content (AvgIpc) is 2.66. The molecule has 0 unspecified atom stereocenters. The molecule has 0 aliphatic rings. The lowest BCUT2D eigenvalue weighted by molar-refractivity contribution is -0.137. The lowest BCUT2D eigenvalue weighted by Crippen LogP contribution is -2.13. The molecule has 0 saturated carbocycles. The van der Waals surface area contributed by atoms with E-state index in [1.54, 1.807) is 13.0 Å². The van der Waals surface area contributed by atoms with Gasteiger partial charge in [-0.05, 0) is 31.5 Å². The molecule has 0 spiro atoms. The predicted molar refractivity (Wildman–Crippen MR) is 68.7 cm³/mol. The molecule has 0 fully saturated rings. The molecule has 0 saturated heterocycles. The first-order chi connectivity index (χ1) is 8.80. The Bertz CT molecular complexity index is 626. The Balaban J connectivity index is 2.54. The molecule has 0 aliphatic carbocycles. The van der Waals surface area contributed by atoms with Gasteiger partial charge in [0, 0.05) is 10.4 Å². The number of rotatable bonds is 2. The van der Waals surface area contributed by atoms with Crippen LogP contribution in [0.25, 0.3) is 0 Å². The first-order valence-electron chi connectivity index (χ1n) is 5.58. The lowest BCUT2D eigenvalue weighted by Gasteiger charge is -2.11. The fourth-order valence-electron chi connectivity index (χ4n) is 1.92. The van der Waals surface area contributed by atoms with Gasteiger partial charge in [0.25, 0.3) is 0 Å². The summed E-state index contributed by atoms with van der Waals surface area (Å²) in [5, 5.41) is 0. The fraction of sp³-hybridized carbons (Fsp3) is 0.214. The molecule has 0 amide bonds. The predicted octanol–water partition coefficient (Wildman–Crippen LogP) is 4.61. The molecule has 100 valence electrons. The largest absolute Gasteiger partial charge is 0.417 e. The molecular weight excluding hydrogens is 273 g/mol. The van der Waals surface area contributed by atoms with Gasteiger partial charge in [-0.2, -0.15) is 13.2 Å². The van der Waals surface area contributed by atoms with E-state index in [0.29, 0.717) is 10.4 Å². The summed E-state index contributed by atoms with van der Waals surface area (Å²) in [7, 11) is 0. The fourth-order valence-corrected chi connectivity index (χ4v) is 2.90. The zero-order valence-electron chi connectivity index (χ0n) is 10.3. The second-order valence-electron chi connectivity index (χ2n) is 4.24. The van der Waals surface area contributed by atoms with E-state index in [1.807, 2.05) is 6.92 Å². The Labute approximate surface area is 112 Å². The van der Waals surface area contributed by atoms with Gasteiger partial charge in [-0.1, -0.05) is 18.2 Å². The third kappa shape index (κ3) is 2.71. The minimum absolute atomic E-state index is 0.292. The van der Waals surface area contributed by atoms with E-state index < -0.39 is 17.5 Å². The van der Waals surface area contributed by atoms with Gasteiger partial charge in [-0.3, -0.25) is 4.79 Å². The van der Waals surface area contributed by atoms with Gasteiger partial charge in [0.15, 0.2) is 0 Å². The van der Waals surface area contributed by atoms with Crippen LogP contribution in [0.3, 0.4) is 0 Å². The van der Waals surface area contributed by atoms with E-state index in [-0.39, 0.29) is 5.56 Å². The van der Waals surface area contributed by atoms with Crippen LogP contribution >= 0.6 is 11.3 Å². The van der Waals surface area contributed by atoms with Gasteiger partial charge >= 0.3 is 6.18 Å². The maximum Gasteiger partial charge on any atom is 0.417 e. The number of ketones is 1. The minimum Gasteiger partial charge on any atom is -0.288 e. The molecule has 1 aromatic heterocycles. The summed E-state index contributed by atoms with van der Waals surface area (Å²) in [5.41, 5.74) is -0.463. The summed E-state index contributed by atoms with van der Waals surface area (Å²) in [6.07, 6.45) is -4.52. The van der Waals surface area contributed by atoms with E-state index in [9.17, 15) is 18.0 Å². The molecule has 1 nitrogen and oxygen atoms in total. The van der Waals surface area contributed by atoms with Crippen LogP contribution in [-0.4, -0.2) is 5.78 Å². The number of halogens is 3. The molecule has 2 aromatic rings. The van der Waals surface area contributed by atoms with Gasteiger partial charge in [0.1, 0.15) is 0 Å². The van der Waals surface area contributed by atoms with Crippen molar-refractivity contribution in [2.24, 2.45) is 0 Å². The van der Waals surface area contributed by atoms with Crippen molar-refractivity contribution in [3.8, 4) is 0 Å². The first-order valence-corrected chi connectivity index (χ1v) is 6.40. The maximum absolute atomic E-state index is 12.9. The zero-order chi connectivity index (χ0) is 14.2. The summed E-state index contributed by atoms with van der Waals surface area (Å²) in [6.45, 7) is 3.55. The molecule has 5 heteroatoms. The summed E-state index contributed by atoms with van der Waals surface area (Å²) >= 11 is 1.22. The molecule has 0 bridgehead atoms. The van der Waals surface area contributed by atoms with Crippen LogP contribution in [0.1, 0.15) is 31.2 Å². The van der Waals surface area contributed by atoms with E-state index in [4.69, 9.17) is 0 Å². The minimum atomic E-state index is -4.52. The molecular formula is C14H11F3OS. The molecule has 0 radical (unpaired) electrons. The monoisotopic (exact) mass is 284 g/mol. The Hall–Kier alpha value is -1.62. The van der Waals surface area contributed by atoms with Crippen LogP contribution in [0.4, 0.5) is 13.2 Å². The van der Waals surface area contributed by atoms with Crippen LogP contribution < -0.4 is 0 Å². The number of thiophene rings is 1. The number of aryl methyl sites for hydroxylation is 2. The van der Waals surface area contributed by atoms with Crippen molar-refractivity contribution < 1.29 is 18.0 Å². The SMILES string of the molecule is Cc1cc(C)c(C(=O)c2ccccc2C(F)(F)F)s1. The number of hydrogen-bond acceptors (Lipinski definition) is 2. The van der Waals surface area contributed by atoms with Gasteiger partial charge < -0.3 is 0 Å². The second-order valence-corrected chi connectivity index (χ2v) is 5.50. The van der Waals surface area contributed by atoms with Gasteiger partial charge in [0.2, 0.25) is 5.78 Å². The number of hydrogen-bond donors (Lipinski definition) is 0. The van der Waals surface area contributed by atoms with Crippen LogP contribution in [0.15, 0.2) is 30.3 Å². The van der Waals surface area contributed by atoms with Crippen LogP contribution in [0, 0.1) is 13.8 Å². The van der Waals surface area contributed by atoms with Gasteiger partial charge in [-0.15, -0.1) is 11.3 Å². The summed E-state index contributed by atoms with van der Waals surface area (Å²) in [6, 6.07) is 6.68. The topological polar surface area (TPSA) is 17.1 Å². The highest BCUT2D eigenvalue weighted by atomic mass is 32.1. The smallest absolute Gasteiger partial charge is 0.288 e. The zero-order valence-corrected chi connectivity index (χ0v) is 11.2. The maximum atomic E-state index is 12.9. The van der Waals surface area contributed by atoms with Crippen molar-refractivity contribution >= 4 is 17.1 Å². The standard InChI is InChI=1S/C14H11F3OS/c1-8-7-9(2)19-13(8)12(18)10-5-3-4-6-11(10)14(15,16)17/h3-7H,1-2H3. The summed E-state index contributed by atoms with van der Waals surface area (Å²) in [5.74, 6) is -0.566. The van der Waals surface area contributed by atoms with Crippen molar-refractivity contribution in [2.75, 3.05) is 0 Å². The Morgan fingerprint density at radius 3 is 2.32 bits per heavy atom. The normalized spacial score (nSPS) is 11.6. The van der Waals surface area contributed by atoms with E-state index in [2.05, 4.69) is 0 Å². The molecule has 2 rings (SSSR count). The molecule has 0 aliphatic heterocycles. The van der Waals surface area contributed by atoms with Crippen LogP contribution in [-0.2, 0) is 6.18 Å². The third-order valence-electron chi connectivity index (χ3n) is 2.72. The number of alkyl halides is 3. The second kappa shape index (κ2) is 4.81. The molecule has 1 heterocycles. The number of carbonyl (C=O) groups excluding carboxylic acids is 1. The van der Waals surface area contributed by atoms with Crippen molar-refractivity contribution in [1.82, 2.24) is 0 Å². The van der Waals surface area contributed by atoms with Crippen LogP contribution in [0.5, 0.6) is 0 Å². The summed E-state index contributed by atoms with van der Waals surface area (Å²) in [4.78, 5) is 13.5. The van der Waals surface area contributed by atoms with Crippen LogP contribution in [0.2, 0.25) is 0 Å². The average molecular weight is 284 g/mol. The van der Waals surface area contributed by atoms with Crippen molar-refractivity contribution in [2.45, 2.75) is 20.0 Å². The van der Waals surface area contributed by atoms with Crippen molar-refractivity contribution in [3.63, 3.8) is 0 Å². The van der Waals surface area contributed by atoms with E-state index >= 15 is 0 Å². The Morgan fingerprint density at radius 1 is 1.16 bits per heavy atom. The molecule has 0 atom stereocenters. The third-order valence-corrected chi connectivity index (χ3v) is 3.88. The Morgan fingerprint density at radius 2 is 1.79 bits per heavy atom. The van der Waals surface area contributed by atoms with E-state index in [0.717, 1.165) is 10.9 Å². The summed E-state index contributed by atoms with van der Waals surface area (Å²) < 4.78 is 38.6. The molecule has 19 heavy (non-hydrogen) atoms. The first kappa shape index (κ1) is 13.8. The highest BCUT2D eigenvalue weighted by Crippen LogP contribution is 2.34. The molecule has 0 N–H and O–H groups in total. The highest BCUT2D eigenvalue weighted by molar-refractivity contribution is 7.14. The quantitative estimate of drug-likeness (QED) is 0.736. The van der Waals surface area contributed by atoms with Crippen molar-refractivity contribution in [3.05, 3.63) is 56.8 Å². The van der Waals surface area contributed by atoms with Gasteiger partial charge in [-0.25, -0.2) is 0 Å². The lowest BCUT2D eigenvalue weighted by atomic mass is 10.0. The number of benzene rings is 1. The van der Waals surface area contributed by atoms with Crippen molar-refractivity contribution in [1.29, 1.82) is 0 Å². The highest BCUT2D eigenvalue weighted by Gasteiger charge is 2.35. The Kier molecular flexibility index (Phi) is 3.49. The van der Waals surface area contributed by atoms with Gasteiger partial charge in [0.05, 0.1) is 10.4 Å². The number of carbonyl (C=O) groups is 1. The van der Waals surface area contributed by atoms with E-state index in [1.165, 1.54) is 29.5 Å². The molecule has 1 aromatic carbocycles.